The molecule has 0 saturated heterocycles. The molecule has 0 aliphatic carbocycles. The molecule has 0 saturated carbocycles. The summed E-state index contributed by atoms with van der Waals surface area (Å²) in [4.78, 5) is 16.4. The van der Waals surface area contributed by atoms with Gasteiger partial charge in [-0.1, -0.05) is 22.0 Å². The molecular weight excluding hydrogens is 398 g/mol. The standard InChI is InChI=1S/C20H18BrNO4/c1-12(2)25-17-9-4-13(11-18(17)24-3)10-16-20(23)26-19(22-16)14-5-7-15(21)8-6-14/h4-12H,1-3H3/b16-10-. The third-order valence-corrected chi connectivity index (χ3v) is 4.09. The first-order valence-electron chi connectivity index (χ1n) is 8.09. The van der Waals surface area contributed by atoms with Crippen LogP contribution in [0.1, 0.15) is 25.0 Å². The van der Waals surface area contributed by atoms with Crippen molar-refractivity contribution in [1.82, 2.24) is 0 Å². The molecule has 0 amide bonds. The molecule has 26 heavy (non-hydrogen) atoms. The fourth-order valence-corrected chi connectivity index (χ4v) is 2.67. The van der Waals surface area contributed by atoms with Crippen LogP contribution in [-0.4, -0.2) is 25.1 Å². The number of carbonyl (C=O) groups is 1. The van der Waals surface area contributed by atoms with Crippen LogP contribution in [0, 0.1) is 0 Å². The summed E-state index contributed by atoms with van der Waals surface area (Å²) in [5.74, 6) is 1.05. The molecule has 0 unspecified atom stereocenters. The van der Waals surface area contributed by atoms with Gasteiger partial charge in [-0.15, -0.1) is 0 Å². The third-order valence-electron chi connectivity index (χ3n) is 3.57. The Labute approximate surface area is 160 Å². The van der Waals surface area contributed by atoms with Gasteiger partial charge < -0.3 is 14.2 Å². The van der Waals surface area contributed by atoms with Gasteiger partial charge in [-0.2, -0.15) is 0 Å². The molecule has 0 bridgehead atoms. The fourth-order valence-electron chi connectivity index (χ4n) is 2.41. The molecular formula is C20H18BrNO4. The van der Waals surface area contributed by atoms with Gasteiger partial charge in [0.05, 0.1) is 13.2 Å². The van der Waals surface area contributed by atoms with Crippen molar-refractivity contribution >= 4 is 33.9 Å². The molecule has 3 rings (SSSR count). The van der Waals surface area contributed by atoms with E-state index < -0.39 is 5.97 Å². The van der Waals surface area contributed by atoms with Crippen LogP contribution in [0.3, 0.4) is 0 Å². The Morgan fingerprint density at radius 3 is 2.50 bits per heavy atom. The lowest BCUT2D eigenvalue weighted by molar-refractivity contribution is -0.129. The summed E-state index contributed by atoms with van der Waals surface area (Å²) in [6.07, 6.45) is 1.70. The highest BCUT2D eigenvalue weighted by molar-refractivity contribution is 9.10. The van der Waals surface area contributed by atoms with Gasteiger partial charge in [0.15, 0.2) is 17.2 Å². The lowest BCUT2D eigenvalue weighted by atomic mass is 10.1. The van der Waals surface area contributed by atoms with Gasteiger partial charge in [-0.3, -0.25) is 0 Å². The van der Waals surface area contributed by atoms with Crippen molar-refractivity contribution in [2.75, 3.05) is 7.11 Å². The summed E-state index contributed by atoms with van der Waals surface area (Å²) in [5, 5.41) is 0. The second-order valence-electron chi connectivity index (χ2n) is 5.92. The van der Waals surface area contributed by atoms with Gasteiger partial charge in [-0.05, 0) is 61.9 Å². The van der Waals surface area contributed by atoms with E-state index in [1.54, 1.807) is 19.3 Å². The summed E-state index contributed by atoms with van der Waals surface area (Å²) in [6, 6.07) is 12.8. The number of esters is 1. The summed E-state index contributed by atoms with van der Waals surface area (Å²) in [6.45, 7) is 3.89. The number of carbonyl (C=O) groups excluding carboxylic acids is 1. The minimum absolute atomic E-state index is 0.0379. The molecule has 1 aliphatic rings. The van der Waals surface area contributed by atoms with Crippen LogP contribution in [0.2, 0.25) is 0 Å². The number of hydrogen-bond donors (Lipinski definition) is 0. The van der Waals surface area contributed by atoms with Crippen LogP contribution in [0.15, 0.2) is 57.6 Å². The largest absolute Gasteiger partial charge is 0.493 e. The number of aliphatic imine (C=N–C) groups is 1. The Morgan fingerprint density at radius 1 is 1.12 bits per heavy atom. The Kier molecular flexibility index (Phi) is 5.42. The first kappa shape index (κ1) is 18.2. The third kappa shape index (κ3) is 4.14. The van der Waals surface area contributed by atoms with Gasteiger partial charge in [-0.25, -0.2) is 9.79 Å². The molecule has 0 radical (unpaired) electrons. The van der Waals surface area contributed by atoms with Gasteiger partial charge in [0.25, 0.3) is 0 Å². The number of hydrogen-bond acceptors (Lipinski definition) is 5. The Balaban J connectivity index is 1.89. The van der Waals surface area contributed by atoms with E-state index >= 15 is 0 Å². The minimum Gasteiger partial charge on any atom is -0.493 e. The predicted molar refractivity (Wildman–Crippen MR) is 104 cm³/mol. The Hall–Kier alpha value is -2.60. The van der Waals surface area contributed by atoms with E-state index in [4.69, 9.17) is 14.2 Å². The van der Waals surface area contributed by atoms with Crippen molar-refractivity contribution in [2.24, 2.45) is 4.99 Å². The molecule has 5 nitrogen and oxygen atoms in total. The Morgan fingerprint density at radius 2 is 1.85 bits per heavy atom. The second-order valence-corrected chi connectivity index (χ2v) is 6.84. The number of rotatable bonds is 5. The lowest BCUT2D eigenvalue weighted by Gasteiger charge is -2.13. The monoisotopic (exact) mass is 415 g/mol. The molecule has 0 spiro atoms. The van der Waals surface area contributed by atoms with Gasteiger partial charge >= 0.3 is 5.97 Å². The zero-order chi connectivity index (χ0) is 18.7. The van der Waals surface area contributed by atoms with E-state index in [0.29, 0.717) is 17.4 Å². The zero-order valence-corrected chi connectivity index (χ0v) is 16.2. The number of ether oxygens (including phenoxy) is 3. The molecule has 6 heteroatoms. The van der Waals surface area contributed by atoms with Crippen LogP contribution in [0.5, 0.6) is 11.5 Å². The lowest BCUT2D eigenvalue weighted by Crippen LogP contribution is -2.06. The zero-order valence-electron chi connectivity index (χ0n) is 14.7. The predicted octanol–water partition coefficient (Wildman–Crippen LogP) is 4.59. The second kappa shape index (κ2) is 7.74. The van der Waals surface area contributed by atoms with E-state index in [1.807, 2.05) is 50.2 Å². The number of nitrogens with zero attached hydrogens (tertiary/aromatic N) is 1. The van der Waals surface area contributed by atoms with E-state index in [2.05, 4.69) is 20.9 Å². The van der Waals surface area contributed by atoms with Crippen LogP contribution < -0.4 is 9.47 Å². The summed E-state index contributed by atoms with van der Waals surface area (Å²) in [5.41, 5.74) is 1.75. The molecule has 0 atom stereocenters. The maximum atomic E-state index is 12.1. The van der Waals surface area contributed by atoms with Gasteiger partial charge in [0.2, 0.25) is 5.90 Å². The van der Waals surface area contributed by atoms with E-state index in [0.717, 1.165) is 15.6 Å². The first-order valence-corrected chi connectivity index (χ1v) is 8.89. The molecule has 0 N–H and O–H groups in total. The van der Waals surface area contributed by atoms with Crippen molar-refractivity contribution in [1.29, 1.82) is 0 Å². The van der Waals surface area contributed by atoms with Crippen LogP contribution in [0.4, 0.5) is 0 Å². The van der Waals surface area contributed by atoms with Crippen LogP contribution in [-0.2, 0) is 9.53 Å². The SMILES string of the molecule is COc1cc(/C=C2\N=C(c3ccc(Br)cc3)OC2=O)ccc1OC(C)C. The first-order chi connectivity index (χ1) is 12.5. The van der Waals surface area contributed by atoms with Crippen molar-refractivity contribution in [3.8, 4) is 11.5 Å². The van der Waals surface area contributed by atoms with Crippen LogP contribution >= 0.6 is 15.9 Å². The van der Waals surface area contributed by atoms with Crippen LogP contribution in [0.25, 0.3) is 6.08 Å². The maximum Gasteiger partial charge on any atom is 0.363 e. The van der Waals surface area contributed by atoms with Crippen molar-refractivity contribution in [3.05, 3.63) is 63.8 Å². The van der Waals surface area contributed by atoms with E-state index in [9.17, 15) is 4.79 Å². The summed E-state index contributed by atoms with van der Waals surface area (Å²) < 4.78 is 17.3. The topological polar surface area (TPSA) is 57.1 Å². The molecule has 2 aromatic rings. The minimum atomic E-state index is -0.482. The Bertz CT molecular complexity index is 885. The molecule has 0 aromatic heterocycles. The van der Waals surface area contributed by atoms with Gasteiger partial charge in [0.1, 0.15) is 0 Å². The number of benzene rings is 2. The van der Waals surface area contributed by atoms with Gasteiger partial charge in [0, 0.05) is 10.0 Å². The molecule has 1 aliphatic heterocycles. The number of halogens is 1. The normalized spacial score (nSPS) is 15.2. The highest BCUT2D eigenvalue weighted by Gasteiger charge is 2.24. The highest BCUT2D eigenvalue weighted by atomic mass is 79.9. The average molecular weight is 416 g/mol. The molecule has 134 valence electrons. The molecule has 1 heterocycles. The maximum absolute atomic E-state index is 12.1. The summed E-state index contributed by atoms with van der Waals surface area (Å²) >= 11 is 3.38. The highest BCUT2D eigenvalue weighted by Crippen LogP contribution is 2.30. The molecule has 0 fully saturated rings. The quantitative estimate of drug-likeness (QED) is 0.529. The summed E-state index contributed by atoms with van der Waals surface area (Å²) in [7, 11) is 1.58. The number of cyclic esters (lactones) is 1. The van der Waals surface area contributed by atoms with Crippen molar-refractivity contribution in [2.45, 2.75) is 20.0 Å². The van der Waals surface area contributed by atoms with Crippen molar-refractivity contribution < 1.29 is 19.0 Å². The van der Waals surface area contributed by atoms with E-state index in [1.165, 1.54) is 0 Å². The average Bonchev–Trinajstić information content (AvgIpc) is 2.97. The smallest absolute Gasteiger partial charge is 0.363 e. The van der Waals surface area contributed by atoms with Crippen molar-refractivity contribution in [3.63, 3.8) is 0 Å². The van der Waals surface area contributed by atoms with E-state index in [-0.39, 0.29) is 11.8 Å². The molecule has 2 aromatic carbocycles. The number of methoxy groups -OCH3 is 1. The fraction of sp³-hybridized carbons (Fsp3) is 0.200.